The normalized spacial score (nSPS) is 21.8. The van der Waals surface area contributed by atoms with E-state index in [0.717, 1.165) is 65.7 Å². The average molecular weight is 293 g/mol. The largest absolute Gasteiger partial charge is 0.379 e. The highest BCUT2D eigenvalue weighted by Gasteiger charge is 2.20. The Hall–Kier alpha value is -0.880. The van der Waals surface area contributed by atoms with Gasteiger partial charge in [0.05, 0.1) is 26.4 Å². The van der Waals surface area contributed by atoms with Gasteiger partial charge in [-0.3, -0.25) is 9.80 Å². The van der Waals surface area contributed by atoms with Crippen LogP contribution in [0, 0.1) is 13.8 Å². The van der Waals surface area contributed by atoms with Crippen LogP contribution in [0.3, 0.4) is 0 Å². The molecule has 21 heavy (non-hydrogen) atoms. The van der Waals surface area contributed by atoms with Crippen molar-refractivity contribution in [3.05, 3.63) is 22.5 Å². The highest BCUT2D eigenvalue weighted by molar-refractivity contribution is 5.36. The lowest BCUT2D eigenvalue weighted by Gasteiger charge is -2.29. The molecule has 5 heteroatoms. The van der Waals surface area contributed by atoms with Crippen molar-refractivity contribution in [2.75, 3.05) is 52.6 Å². The fraction of sp³-hybridized carbons (Fsp3) is 0.750. The van der Waals surface area contributed by atoms with Crippen molar-refractivity contribution in [2.24, 2.45) is 0 Å². The van der Waals surface area contributed by atoms with Crippen molar-refractivity contribution in [2.45, 2.75) is 26.9 Å². The molecule has 0 spiro atoms. The van der Waals surface area contributed by atoms with Crippen molar-refractivity contribution in [1.82, 2.24) is 14.8 Å². The molecule has 1 aromatic rings. The predicted molar refractivity (Wildman–Crippen MR) is 82.5 cm³/mol. The van der Waals surface area contributed by atoms with Crippen LogP contribution < -0.4 is 0 Å². The van der Waals surface area contributed by atoms with Crippen molar-refractivity contribution >= 4 is 0 Å². The highest BCUT2D eigenvalue weighted by Crippen LogP contribution is 2.23. The number of nitrogens with zero attached hydrogens (tertiary/aromatic N) is 2. The van der Waals surface area contributed by atoms with Crippen LogP contribution in [-0.2, 0) is 22.6 Å². The summed E-state index contributed by atoms with van der Waals surface area (Å²) >= 11 is 0. The van der Waals surface area contributed by atoms with Gasteiger partial charge in [0, 0.05) is 50.7 Å². The maximum Gasteiger partial charge on any atom is 0.0594 e. The lowest BCUT2D eigenvalue weighted by Crippen LogP contribution is -2.37. The van der Waals surface area contributed by atoms with E-state index in [0.29, 0.717) is 0 Å². The van der Waals surface area contributed by atoms with Gasteiger partial charge in [-0.1, -0.05) is 0 Å². The first-order chi connectivity index (χ1) is 10.2. The van der Waals surface area contributed by atoms with Gasteiger partial charge in [-0.05, 0) is 25.0 Å². The second kappa shape index (κ2) is 6.92. The van der Waals surface area contributed by atoms with E-state index in [-0.39, 0.29) is 0 Å². The Kier molecular flexibility index (Phi) is 4.95. The molecule has 0 radical (unpaired) electrons. The number of aryl methyl sites for hydroxylation is 2. The molecule has 0 aliphatic carbocycles. The van der Waals surface area contributed by atoms with Gasteiger partial charge in [0.15, 0.2) is 0 Å². The Balaban J connectivity index is 1.72. The zero-order chi connectivity index (χ0) is 14.7. The second-order valence-corrected chi connectivity index (χ2v) is 6.11. The zero-order valence-electron chi connectivity index (χ0n) is 13.3. The van der Waals surface area contributed by atoms with Crippen molar-refractivity contribution in [3.63, 3.8) is 0 Å². The number of morpholine rings is 2. The molecule has 0 atom stereocenters. The number of nitrogens with one attached hydrogen (secondary N) is 1. The van der Waals surface area contributed by atoms with Gasteiger partial charge in [-0.15, -0.1) is 0 Å². The molecule has 0 saturated carbocycles. The van der Waals surface area contributed by atoms with Crippen LogP contribution in [0.4, 0.5) is 0 Å². The summed E-state index contributed by atoms with van der Waals surface area (Å²) in [4.78, 5) is 8.54. The summed E-state index contributed by atoms with van der Waals surface area (Å²) in [7, 11) is 0. The van der Waals surface area contributed by atoms with Gasteiger partial charge in [0.2, 0.25) is 0 Å². The van der Waals surface area contributed by atoms with E-state index in [4.69, 9.17) is 9.47 Å². The third-order valence-electron chi connectivity index (χ3n) is 4.62. The van der Waals surface area contributed by atoms with Crippen LogP contribution >= 0.6 is 0 Å². The summed E-state index contributed by atoms with van der Waals surface area (Å²) in [6.45, 7) is 14.1. The number of hydrogen-bond acceptors (Lipinski definition) is 4. The van der Waals surface area contributed by atoms with Crippen LogP contribution in [0.5, 0.6) is 0 Å². The first-order valence-corrected chi connectivity index (χ1v) is 8.01. The molecule has 0 amide bonds. The van der Waals surface area contributed by atoms with E-state index >= 15 is 0 Å². The topological polar surface area (TPSA) is 40.7 Å². The Labute approximate surface area is 127 Å². The zero-order valence-corrected chi connectivity index (χ0v) is 13.3. The summed E-state index contributed by atoms with van der Waals surface area (Å²) in [6.07, 6.45) is 0. The van der Waals surface area contributed by atoms with E-state index in [1.807, 2.05) is 0 Å². The highest BCUT2D eigenvalue weighted by atomic mass is 16.5. The molecule has 0 aromatic carbocycles. The molecule has 2 saturated heterocycles. The van der Waals surface area contributed by atoms with Gasteiger partial charge >= 0.3 is 0 Å². The standard InChI is InChI=1S/C16H27N3O2/c1-13-15(11-18-3-7-20-8-4-18)16(14(2)17-13)12-19-5-9-21-10-6-19/h17H,3-12H2,1-2H3. The average Bonchev–Trinajstić information content (AvgIpc) is 2.76. The van der Waals surface area contributed by atoms with Gasteiger partial charge in [0.25, 0.3) is 0 Å². The number of rotatable bonds is 4. The van der Waals surface area contributed by atoms with Crippen LogP contribution in [0.2, 0.25) is 0 Å². The monoisotopic (exact) mass is 293 g/mol. The SMILES string of the molecule is Cc1[nH]c(C)c(CN2CCOCC2)c1CN1CCOCC1. The van der Waals surface area contributed by atoms with Crippen LogP contribution in [0.15, 0.2) is 0 Å². The maximum atomic E-state index is 5.45. The van der Waals surface area contributed by atoms with E-state index in [2.05, 4.69) is 28.6 Å². The molecule has 1 aromatic heterocycles. The minimum atomic E-state index is 0.862. The fourth-order valence-corrected chi connectivity index (χ4v) is 3.28. The molecule has 2 aliphatic rings. The molecule has 2 fully saturated rings. The molecular weight excluding hydrogens is 266 g/mol. The molecule has 118 valence electrons. The van der Waals surface area contributed by atoms with E-state index in [9.17, 15) is 0 Å². The minimum Gasteiger partial charge on any atom is -0.379 e. The molecule has 5 nitrogen and oxygen atoms in total. The van der Waals surface area contributed by atoms with E-state index in [1.165, 1.54) is 22.5 Å². The van der Waals surface area contributed by atoms with Crippen LogP contribution in [0.25, 0.3) is 0 Å². The molecule has 1 N–H and O–H groups in total. The molecule has 3 rings (SSSR count). The number of hydrogen-bond donors (Lipinski definition) is 1. The van der Waals surface area contributed by atoms with Gasteiger partial charge in [0.1, 0.15) is 0 Å². The Morgan fingerprint density at radius 3 is 1.52 bits per heavy atom. The lowest BCUT2D eigenvalue weighted by atomic mass is 10.1. The summed E-state index contributed by atoms with van der Waals surface area (Å²) in [5.41, 5.74) is 5.62. The van der Waals surface area contributed by atoms with E-state index in [1.54, 1.807) is 0 Å². The number of aromatic amines is 1. The van der Waals surface area contributed by atoms with E-state index < -0.39 is 0 Å². The molecule has 0 unspecified atom stereocenters. The predicted octanol–water partition coefficient (Wildman–Crippen LogP) is 1.30. The van der Waals surface area contributed by atoms with Gasteiger partial charge in [-0.2, -0.15) is 0 Å². The van der Waals surface area contributed by atoms with Gasteiger partial charge in [-0.25, -0.2) is 0 Å². The van der Waals surface area contributed by atoms with Crippen molar-refractivity contribution < 1.29 is 9.47 Å². The maximum absolute atomic E-state index is 5.45. The second-order valence-electron chi connectivity index (χ2n) is 6.11. The third kappa shape index (κ3) is 3.66. The van der Waals surface area contributed by atoms with Crippen LogP contribution in [0.1, 0.15) is 22.5 Å². The van der Waals surface area contributed by atoms with Crippen molar-refractivity contribution in [1.29, 1.82) is 0 Å². The summed E-state index contributed by atoms with van der Waals surface area (Å²) in [5, 5.41) is 0. The smallest absolute Gasteiger partial charge is 0.0594 e. The molecule has 2 aliphatic heterocycles. The Morgan fingerprint density at radius 1 is 0.762 bits per heavy atom. The number of H-pyrrole nitrogens is 1. The summed E-state index contributed by atoms with van der Waals surface area (Å²) < 4.78 is 10.9. The Bertz CT molecular complexity index is 420. The quantitative estimate of drug-likeness (QED) is 0.908. The Morgan fingerprint density at radius 2 is 1.14 bits per heavy atom. The number of aromatic nitrogens is 1. The molecular formula is C16H27N3O2. The summed E-state index contributed by atoms with van der Waals surface area (Å²) in [6, 6.07) is 0. The fourth-order valence-electron chi connectivity index (χ4n) is 3.28. The first kappa shape index (κ1) is 15.0. The summed E-state index contributed by atoms with van der Waals surface area (Å²) in [5.74, 6) is 0. The first-order valence-electron chi connectivity index (χ1n) is 8.01. The molecule has 0 bridgehead atoms. The molecule has 3 heterocycles. The third-order valence-corrected chi connectivity index (χ3v) is 4.62. The number of ether oxygens (including phenoxy) is 2. The minimum absolute atomic E-state index is 0.862. The lowest BCUT2D eigenvalue weighted by molar-refractivity contribution is 0.0309. The van der Waals surface area contributed by atoms with Gasteiger partial charge < -0.3 is 14.5 Å². The van der Waals surface area contributed by atoms with Crippen LogP contribution in [-0.4, -0.2) is 67.4 Å². The van der Waals surface area contributed by atoms with Crippen molar-refractivity contribution in [3.8, 4) is 0 Å².